The lowest BCUT2D eigenvalue weighted by atomic mass is 10.1. The van der Waals surface area contributed by atoms with Crippen LogP contribution in [0, 0.1) is 10.1 Å². The first-order valence-electron chi connectivity index (χ1n) is 6.42. The van der Waals surface area contributed by atoms with Crippen molar-refractivity contribution in [2.45, 2.75) is 10.6 Å². The maximum Gasteiger partial charge on any atom is 0.328 e. The van der Waals surface area contributed by atoms with Crippen LogP contribution in [0.2, 0.25) is 0 Å². The van der Waals surface area contributed by atoms with Crippen molar-refractivity contribution in [3.05, 3.63) is 75.8 Å². The number of thioether (sulfide) groups is 1. The third-order valence-corrected chi connectivity index (χ3v) is 3.91. The van der Waals surface area contributed by atoms with Gasteiger partial charge < -0.3 is 5.11 Å². The van der Waals surface area contributed by atoms with Crippen LogP contribution in [0.3, 0.4) is 0 Å². The van der Waals surface area contributed by atoms with Crippen LogP contribution in [-0.4, -0.2) is 16.0 Å². The largest absolute Gasteiger partial charge is 0.478 e. The number of nitro benzene ring substituents is 1. The highest BCUT2D eigenvalue weighted by Gasteiger charge is 2.12. The second kappa shape index (κ2) is 7.42. The number of rotatable bonds is 6. The summed E-state index contributed by atoms with van der Waals surface area (Å²) in [6.45, 7) is 0. The van der Waals surface area contributed by atoms with Gasteiger partial charge in [-0.2, -0.15) is 0 Å². The van der Waals surface area contributed by atoms with Gasteiger partial charge in [-0.25, -0.2) is 4.79 Å². The van der Waals surface area contributed by atoms with Crippen molar-refractivity contribution in [2.24, 2.45) is 0 Å². The molecule has 2 aromatic rings. The highest BCUT2D eigenvalue weighted by atomic mass is 32.2. The fraction of sp³-hybridized carbons (Fsp3) is 0.0625. The van der Waals surface area contributed by atoms with Gasteiger partial charge in [0.15, 0.2) is 0 Å². The molecule has 0 aromatic heterocycles. The second-order valence-corrected chi connectivity index (χ2v) is 5.47. The van der Waals surface area contributed by atoms with E-state index in [0.717, 1.165) is 22.3 Å². The Bertz CT molecular complexity index is 713. The Morgan fingerprint density at radius 2 is 1.95 bits per heavy atom. The normalized spacial score (nSPS) is 10.7. The quantitative estimate of drug-likeness (QED) is 0.377. The molecule has 0 aliphatic rings. The van der Waals surface area contributed by atoms with E-state index in [4.69, 9.17) is 5.11 Å². The molecule has 0 radical (unpaired) electrons. The molecule has 0 spiro atoms. The predicted octanol–water partition coefficient (Wildman–Crippen LogP) is 3.98. The third kappa shape index (κ3) is 4.46. The molecule has 112 valence electrons. The van der Waals surface area contributed by atoms with Crippen LogP contribution < -0.4 is 0 Å². The number of hydrogen-bond acceptors (Lipinski definition) is 4. The van der Waals surface area contributed by atoms with Crippen LogP contribution in [-0.2, 0) is 10.5 Å². The molecule has 0 amide bonds. The summed E-state index contributed by atoms with van der Waals surface area (Å²) >= 11 is 1.54. The van der Waals surface area contributed by atoms with Gasteiger partial charge in [-0.3, -0.25) is 10.1 Å². The molecule has 0 saturated carbocycles. The molecule has 22 heavy (non-hydrogen) atoms. The van der Waals surface area contributed by atoms with Gasteiger partial charge in [-0.15, -0.1) is 11.8 Å². The van der Waals surface area contributed by atoms with Crippen molar-refractivity contribution >= 4 is 29.5 Å². The van der Waals surface area contributed by atoms with Gasteiger partial charge in [0.05, 0.1) is 10.5 Å². The van der Waals surface area contributed by atoms with Crippen molar-refractivity contribution in [1.29, 1.82) is 0 Å². The Morgan fingerprint density at radius 3 is 2.59 bits per heavy atom. The summed E-state index contributed by atoms with van der Waals surface area (Å²) in [5.41, 5.74) is 1.32. The number of carboxylic acid groups (broad SMARTS) is 1. The molecule has 0 fully saturated rings. The molecule has 0 aliphatic carbocycles. The Labute approximate surface area is 131 Å². The van der Waals surface area contributed by atoms with Gasteiger partial charge in [0.1, 0.15) is 0 Å². The van der Waals surface area contributed by atoms with Crippen molar-refractivity contribution in [2.75, 3.05) is 0 Å². The number of nitro groups is 1. The van der Waals surface area contributed by atoms with Crippen LogP contribution in [0.15, 0.2) is 59.5 Å². The van der Waals surface area contributed by atoms with E-state index < -0.39 is 10.9 Å². The molecule has 5 nitrogen and oxygen atoms in total. The summed E-state index contributed by atoms with van der Waals surface area (Å²) in [7, 11) is 0. The maximum atomic E-state index is 11.0. The summed E-state index contributed by atoms with van der Waals surface area (Å²) in [6.07, 6.45) is 2.14. The summed E-state index contributed by atoms with van der Waals surface area (Å²) in [5.74, 6) is -0.405. The van der Waals surface area contributed by atoms with E-state index in [-0.39, 0.29) is 11.3 Å². The molecule has 0 bridgehead atoms. The Morgan fingerprint density at radius 1 is 1.23 bits per heavy atom. The fourth-order valence-electron chi connectivity index (χ4n) is 1.82. The summed E-state index contributed by atoms with van der Waals surface area (Å²) in [4.78, 5) is 21.9. The average Bonchev–Trinajstić information content (AvgIpc) is 2.51. The van der Waals surface area contributed by atoms with Crippen LogP contribution in [0.1, 0.15) is 11.1 Å². The molecule has 0 atom stereocenters. The molecule has 2 rings (SSSR count). The Balaban J connectivity index is 2.20. The summed E-state index contributed by atoms with van der Waals surface area (Å²) in [5, 5.41) is 19.6. The number of benzene rings is 2. The van der Waals surface area contributed by atoms with Crippen molar-refractivity contribution < 1.29 is 14.8 Å². The number of hydrogen-bond donors (Lipinski definition) is 1. The van der Waals surface area contributed by atoms with Crippen molar-refractivity contribution in [3.63, 3.8) is 0 Å². The van der Waals surface area contributed by atoms with E-state index in [1.54, 1.807) is 12.1 Å². The standard InChI is InChI=1S/C16H13NO4S/c18-16(19)9-6-13-10-14(7-8-15(13)17(20)21)22-11-12-4-2-1-3-5-12/h1-10H,11H2,(H,18,19)/b9-6+. The fourth-order valence-corrected chi connectivity index (χ4v) is 2.72. The molecule has 0 unspecified atom stereocenters. The molecule has 1 N–H and O–H groups in total. The molecular weight excluding hydrogens is 302 g/mol. The maximum absolute atomic E-state index is 11.0. The first-order chi connectivity index (χ1) is 10.6. The molecule has 0 aliphatic heterocycles. The second-order valence-electron chi connectivity index (χ2n) is 4.42. The average molecular weight is 315 g/mol. The molecule has 0 saturated heterocycles. The van der Waals surface area contributed by atoms with E-state index in [9.17, 15) is 14.9 Å². The number of carboxylic acids is 1. The van der Waals surface area contributed by atoms with Crippen molar-refractivity contribution in [1.82, 2.24) is 0 Å². The number of carbonyl (C=O) groups is 1. The van der Waals surface area contributed by atoms with E-state index in [1.807, 2.05) is 30.3 Å². The Kier molecular flexibility index (Phi) is 5.32. The first-order valence-corrected chi connectivity index (χ1v) is 7.41. The van der Waals surface area contributed by atoms with E-state index in [2.05, 4.69) is 0 Å². The van der Waals surface area contributed by atoms with E-state index >= 15 is 0 Å². The van der Waals surface area contributed by atoms with Crippen LogP contribution >= 0.6 is 11.8 Å². The van der Waals surface area contributed by atoms with Gasteiger partial charge in [0.25, 0.3) is 5.69 Å². The zero-order chi connectivity index (χ0) is 15.9. The van der Waals surface area contributed by atoms with E-state index in [1.165, 1.54) is 23.9 Å². The van der Waals surface area contributed by atoms with Crippen LogP contribution in [0.4, 0.5) is 5.69 Å². The molecular formula is C16H13NO4S. The van der Waals surface area contributed by atoms with Crippen LogP contribution in [0.25, 0.3) is 6.08 Å². The van der Waals surface area contributed by atoms with Gasteiger partial charge in [0, 0.05) is 22.8 Å². The summed E-state index contributed by atoms with van der Waals surface area (Å²) < 4.78 is 0. The van der Waals surface area contributed by atoms with Crippen LogP contribution in [0.5, 0.6) is 0 Å². The first kappa shape index (κ1) is 15.8. The number of aliphatic carboxylic acids is 1. The van der Waals surface area contributed by atoms with Gasteiger partial charge >= 0.3 is 5.97 Å². The monoisotopic (exact) mass is 315 g/mol. The molecule has 2 aromatic carbocycles. The zero-order valence-electron chi connectivity index (χ0n) is 11.5. The van der Waals surface area contributed by atoms with Gasteiger partial charge in [0.2, 0.25) is 0 Å². The number of nitrogens with zero attached hydrogens (tertiary/aromatic N) is 1. The lowest BCUT2D eigenvalue weighted by Crippen LogP contribution is -1.93. The molecule has 0 heterocycles. The lowest BCUT2D eigenvalue weighted by molar-refractivity contribution is -0.385. The van der Waals surface area contributed by atoms with Gasteiger partial charge in [-0.05, 0) is 23.8 Å². The SMILES string of the molecule is O=C(O)/C=C/c1cc(SCc2ccccc2)ccc1[N+](=O)[O-]. The lowest BCUT2D eigenvalue weighted by Gasteiger charge is -2.04. The van der Waals surface area contributed by atoms with Crippen molar-refractivity contribution in [3.8, 4) is 0 Å². The smallest absolute Gasteiger partial charge is 0.328 e. The molecule has 6 heteroatoms. The minimum atomic E-state index is -1.14. The minimum Gasteiger partial charge on any atom is -0.478 e. The minimum absolute atomic E-state index is 0.110. The predicted molar refractivity (Wildman–Crippen MR) is 85.8 cm³/mol. The van der Waals surface area contributed by atoms with Gasteiger partial charge in [-0.1, -0.05) is 30.3 Å². The highest BCUT2D eigenvalue weighted by molar-refractivity contribution is 7.98. The Hall–Kier alpha value is -2.60. The highest BCUT2D eigenvalue weighted by Crippen LogP contribution is 2.29. The zero-order valence-corrected chi connectivity index (χ0v) is 12.3. The van der Waals surface area contributed by atoms with E-state index in [0.29, 0.717) is 0 Å². The summed E-state index contributed by atoms with van der Waals surface area (Å²) in [6, 6.07) is 14.5. The third-order valence-electron chi connectivity index (χ3n) is 2.85. The topological polar surface area (TPSA) is 80.4 Å².